The Bertz CT molecular complexity index is 598. The Labute approximate surface area is 154 Å². The van der Waals surface area contributed by atoms with Crippen LogP contribution < -0.4 is 10.6 Å². The van der Waals surface area contributed by atoms with E-state index in [4.69, 9.17) is 0 Å². The number of alkyl halides is 3. The number of carbonyl (C=O) groups is 2. The van der Waals surface area contributed by atoms with Crippen LogP contribution in [0, 0.1) is 0 Å². The monoisotopic (exact) mass is 392 g/mol. The highest BCUT2D eigenvalue weighted by atomic mass is 19.4. The molecule has 7 nitrogen and oxygen atoms in total. The molecule has 1 aromatic carbocycles. The minimum atomic E-state index is -4.72. The van der Waals surface area contributed by atoms with Gasteiger partial charge in [-0.2, -0.15) is 13.2 Å². The molecular weight excluding hydrogens is 369 g/mol. The van der Waals surface area contributed by atoms with Crippen LogP contribution in [0.25, 0.3) is 0 Å². The molecule has 0 aromatic heterocycles. The second kappa shape index (κ2) is 10.9. The predicted octanol–water partition coefficient (Wildman–Crippen LogP) is 0.762. The molecule has 0 aliphatic heterocycles. The number of methoxy groups -OCH3 is 2. The van der Waals surface area contributed by atoms with E-state index in [2.05, 4.69) is 20.1 Å². The largest absolute Gasteiger partial charge is 0.469 e. The molecule has 3 N–H and O–H groups in total. The third-order valence-corrected chi connectivity index (χ3v) is 3.76. The number of rotatable bonds is 10. The van der Waals surface area contributed by atoms with Crippen LogP contribution in [0.2, 0.25) is 0 Å². The van der Waals surface area contributed by atoms with Crippen LogP contribution >= 0.6 is 0 Å². The van der Waals surface area contributed by atoms with E-state index in [1.807, 2.05) is 0 Å². The number of hydrogen-bond acceptors (Lipinski definition) is 7. The summed E-state index contributed by atoms with van der Waals surface area (Å²) in [6.07, 6.45) is -7.07. The van der Waals surface area contributed by atoms with Gasteiger partial charge in [-0.15, -0.1) is 0 Å². The number of aliphatic hydroxyl groups excluding tert-OH is 1. The fraction of sp³-hybridized carbons (Fsp3) is 0.529. The molecule has 2 unspecified atom stereocenters. The van der Waals surface area contributed by atoms with E-state index in [-0.39, 0.29) is 6.54 Å². The van der Waals surface area contributed by atoms with Gasteiger partial charge in [0.2, 0.25) is 0 Å². The van der Waals surface area contributed by atoms with E-state index in [9.17, 15) is 27.9 Å². The number of esters is 2. The average molecular weight is 392 g/mol. The lowest BCUT2D eigenvalue weighted by Gasteiger charge is -2.28. The summed E-state index contributed by atoms with van der Waals surface area (Å²) in [5.41, 5.74) is 0.616. The van der Waals surface area contributed by atoms with Crippen molar-refractivity contribution in [1.29, 1.82) is 0 Å². The molecule has 0 heterocycles. The van der Waals surface area contributed by atoms with Crippen molar-refractivity contribution in [2.24, 2.45) is 0 Å². The molecule has 27 heavy (non-hydrogen) atoms. The van der Waals surface area contributed by atoms with Crippen molar-refractivity contribution in [2.75, 3.05) is 20.8 Å². The van der Waals surface area contributed by atoms with Crippen LogP contribution in [0.4, 0.5) is 13.2 Å². The van der Waals surface area contributed by atoms with Crippen molar-refractivity contribution in [3.63, 3.8) is 0 Å². The summed E-state index contributed by atoms with van der Waals surface area (Å²) in [6.45, 7) is -0.701. The number of ether oxygens (including phenoxy) is 2. The molecule has 0 aliphatic rings. The Kier molecular flexibility index (Phi) is 9.19. The number of hydrogen-bond donors (Lipinski definition) is 3. The maximum Gasteiger partial charge on any atom is 0.406 e. The molecule has 0 spiro atoms. The number of nitrogens with one attached hydrogen (secondary N) is 2. The SMILES string of the molecule is COC(=O)C[C@H](NCC(O)C(NCc1ccccc1)C(F)(F)F)C(=O)OC. The van der Waals surface area contributed by atoms with Gasteiger partial charge in [0.15, 0.2) is 0 Å². The molecule has 1 aromatic rings. The lowest BCUT2D eigenvalue weighted by Crippen LogP contribution is -2.55. The fourth-order valence-electron chi connectivity index (χ4n) is 2.31. The highest BCUT2D eigenvalue weighted by Crippen LogP contribution is 2.23. The molecular formula is C17H23F3N2O5. The lowest BCUT2D eigenvalue weighted by atomic mass is 10.1. The minimum Gasteiger partial charge on any atom is -0.469 e. The Balaban J connectivity index is 2.72. The molecule has 3 atom stereocenters. The van der Waals surface area contributed by atoms with Crippen LogP contribution in [-0.4, -0.2) is 62.2 Å². The summed E-state index contributed by atoms with van der Waals surface area (Å²) in [6, 6.07) is 4.93. The quantitative estimate of drug-likeness (QED) is 0.506. The van der Waals surface area contributed by atoms with E-state index < -0.39 is 49.3 Å². The fourth-order valence-corrected chi connectivity index (χ4v) is 2.31. The van der Waals surface area contributed by atoms with Crippen LogP contribution in [0.3, 0.4) is 0 Å². The van der Waals surface area contributed by atoms with Gasteiger partial charge in [0.1, 0.15) is 12.1 Å². The predicted molar refractivity (Wildman–Crippen MR) is 89.6 cm³/mol. The molecule has 0 saturated carbocycles. The van der Waals surface area contributed by atoms with Gasteiger partial charge >= 0.3 is 18.1 Å². The van der Waals surface area contributed by atoms with E-state index in [0.717, 1.165) is 14.2 Å². The summed E-state index contributed by atoms with van der Waals surface area (Å²) >= 11 is 0. The average Bonchev–Trinajstić information content (AvgIpc) is 2.64. The van der Waals surface area contributed by atoms with E-state index in [1.54, 1.807) is 30.3 Å². The summed E-state index contributed by atoms with van der Waals surface area (Å²) < 4.78 is 48.7. The highest BCUT2D eigenvalue weighted by molar-refractivity contribution is 5.82. The topological polar surface area (TPSA) is 96.9 Å². The second-order valence-corrected chi connectivity index (χ2v) is 5.72. The molecule has 0 aliphatic carbocycles. The molecule has 152 valence electrons. The van der Waals surface area contributed by atoms with Crippen molar-refractivity contribution < 1.29 is 37.3 Å². The Morgan fingerprint density at radius 2 is 1.74 bits per heavy atom. The number of aliphatic hydroxyl groups is 1. The number of benzene rings is 1. The normalized spacial score (nSPS) is 14.9. The zero-order valence-corrected chi connectivity index (χ0v) is 15.0. The molecule has 0 fully saturated rings. The second-order valence-electron chi connectivity index (χ2n) is 5.72. The third-order valence-electron chi connectivity index (χ3n) is 3.76. The van der Waals surface area contributed by atoms with Gasteiger partial charge in [-0.25, -0.2) is 0 Å². The van der Waals surface area contributed by atoms with E-state index in [1.165, 1.54) is 0 Å². The molecule has 0 bridgehead atoms. The van der Waals surface area contributed by atoms with Crippen LogP contribution in [0.1, 0.15) is 12.0 Å². The maximum atomic E-state index is 13.3. The van der Waals surface area contributed by atoms with Gasteiger partial charge in [-0.05, 0) is 5.56 Å². The molecule has 0 saturated heterocycles. The molecule has 0 radical (unpaired) electrons. The van der Waals surface area contributed by atoms with Crippen molar-refractivity contribution in [3.05, 3.63) is 35.9 Å². The van der Waals surface area contributed by atoms with Gasteiger partial charge in [0.25, 0.3) is 0 Å². The highest BCUT2D eigenvalue weighted by Gasteiger charge is 2.44. The standard InChI is InChI=1S/C17H23F3N2O5/c1-26-14(24)8-12(16(25)27-2)21-10-13(23)15(17(18,19)20)22-9-11-6-4-3-5-7-11/h3-7,12-13,15,21-23H,8-10H2,1-2H3/t12-,13?,15?/m0/s1. The zero-order chi connectivity index (χ0) is 20.4. The van der Waals surface area contributed by atoms with E-state index >= 15 is 0 Å². The summed E-state index contributed by atoms with van der Waals surface area (Å²) in [5, 5.41) is 14.7. The van der Waals surface area contributed by atoms with Gasteiger partial charge < -0.3 is 19.9 Å². The van der Waals surface area contributed by atoms with Crippen molar-refractivity contribution in [2.45, 2.75) is 37.3 Å². The van der Waals surface area contributed by atoms with Gasteiger partial charge in [-0.3, -0.25) is 14.9 Å². The minimum absolute atomic E-state index is 0.106. The number of halogens is 3. The first-order chi connectivity index (χ1) is 12.7. The van der Waals surface area contributed by atoms with Crippen LogP contribution in [0.15, 0.2) is 30.3 Å². The summed E-state index contributed by atoms with van der Waals surface area (Å²) in [7, 11) is 2.18. The molecule has 1 rings (SSSR count). The van der Waals surface area contributed by atoms with Crippen molar-refractivity contribution >= 4 is 11.9 Å². The Morgan fingerprint density at radius 3 is 2.26 bits per heavy atom. The first kappa shape index (κ1) is 22.9. The molecule has 10 heteroatoms. The molecule has 0 amide bonds. The van der Waals surface area contributed by atoms with Crippen LogP contribution in [-0.2, 0) is 25.6 Å². The summed E-state index contributed by atoms with van der Waals surface area (Å²) in [4.78, 5) is 23.0. The summed E-state index contributed by atoms with van der Waals surface area (Å²) in [5.74, 6) is -1.60. The Hall–Kier alpha value is -2.17. The van der Waals surface area contributed by atoms with Gasteiger partial charge in [0, 0.05) is 13.1 Å². The van der Waals surface area contributed by atoms with E-state index in [0.29, 0.717) is 5.56 Å². The van der Waals surface area contributed by atoms with Crippen LogP contribution in [0.5, 0.6) is 0 Å². The van der Waals surface area contributed by atoms with Gasteiger partial charge in [0.05, 0.1) is 26.7 Å². The first-order valence-corrected chi connectivity index (χ1v) is 8.09. The maximum absolute atomic E-state index is 13.3. The first-order valence-electron chi connectivity index (χ1n) is 8.09. The van der Waals surface area contributed by atoms with Gasteiger partial charge in [-0.1, -0.05) is 30.3 Å². The smallest absolute Gasteiger partial charge is 0.406 e. The zero-order valence-electron chi connectivity index (χ0n) is 15.0. The number of carbonyl (C=O) groups excluding carboxylic acids is 2. The third kappa shape index (κ3) is 7.94. The van der Waals surface area contributed by atoms with Crippen molar-refractivity contribution in [3.8, 4) is 0 Å². The Morgan fingerprint density at radius 1 is 1.11 bits per heavy atom. The van der Waals surface area contributed by atoms with Crippen molar-refractivity contribution in [1.82, 2.24) is 10.6 Å². The lowest BCUT2D eigenvalue weighted by molar-refractivity contribution is -0.178.